The van der Waals surface area contributed by atoms with Gasteiger partial charge in [0, 0.05) is 17.8 Å². The summed E-state index contributed by atoms with van der Waals surface area (Å²) in [6.07, 6.45) is 0.818. The van der Waals surface area contributed by atoms with Crippen molar-refractivity contribution < 1.29 is 18.4 Å². The van der Waals surface area contributed by atoms with Crippen molar-refractivity contribution in [3.63, 3.8) is 0 Å². The van der Waals surface area contributed by atoms with Crippen LogP contribution in [0.5, 0.6) is 0 Å². The standard InChI is InChI=1S/C19H20BrF3N6O/c1-29(2)7-3-6-24-19-26-16-11(9-14(22)15(23)17(16)27-19)18(28-30)25-10-4-5-13(21)12(20)8-10/h4-5,8-9,30H,3,6-7H2,1-2H3,(H,25,28)(H2,24,26,27). The van der Waals surface area contributed by atoms with Gasteiger partial charge in [0.1, 0.15) is 11.3 Å². The van der Waals surface area contributed by atoms with Crippen LogP contribution >= 0.6 is 15.9 Å². The van der Waals surface area contributed by atoms with Gasteiger partial charge in [-0.3, -0.25) is 0 Å². The van der Waals surface area contributed by atoms with E-state index in [1.165, 1.54) is 18.2 Å². The third kappa shape index (κ3) is 4.85. The molecule has 0 amide bonds. The number of oxime groups is 1. The SMILES string of the molecule is CN(C)CCCNc1nc2c(F)c(F)cc(/C(=N/O)Nc3ccc(F)c(Br)c3)c2[nH]1. The molecule has 0 aliphatic heterocycles. The Kier molecular flexibility index (Phi) is 6.83. The van der Waals surface area contributed by atoms with Crippen molar-refractivity contribution in [3.05, 3.63) is 51.8 Å². The zero-order valence-electron chi connectivity index (χ0n) is 16.2. The molecule has 4 N–H and O–H groups in total. The Bertz CT molecular complexity index is 1090. The summed E-state index contributed by atoms with van der Waals surface area (Å²) in [5.74, 6) is -2.65. The number of hydrogen-bond donors (Lipinski definition) is 4. The van der Waals surface area contributed by atoms with E-state index in [0.717, 1.165) is 19.0 Å². The Morgan fingerprint density at radius 1 is 1.23 bits per heavy atom. The van der Waals surface area contributed by atoms with Crippen molar-refractivity contribution in [1.82, 2.24) is 14.9 Å². The summed E-state index contributed by atoms with van der Waals surface area (Å²) < 4.78 is 42.1. The monoisotopic (exact) mass is 484 g/mol. The van der Waals surface area contributed by atoms with Crippen LogP contribution in [-0.2, 0) is 0 Å². The number of amidine groups is 1. The van der Waals surface area contributed by atoms with Crippen LogP contribution in [0.2, 0.25) is 0 Å². The molecule has 0 radical (unpaired) electrons. The number of nitrogens with zero attached hydrogens (tertiary/aromatic N) is 3. The van der Waals surface area contributed by atoms with E-state index in [1.54, 1.807) is 0 Å². The number of imidazole rings is 1. The van der Waals surface area contributed by atoms with Crippen molar-refractivity contribution in [2.45, 2.75) is 6.42 Å². The number of aromatic nitrogens is 2. The average Bonchev–Trinajstić information content (AvgIpc) is 3.13. The summed E-state index contributed by atoms with van der Waals surface area (Å²) in [6.45, 7) is 1.42. The van der Waals surface area contributed by atoms with E-state index in [2.05, 4.69) is 41.7 Å². The topological polar surface area (TPSA) is 88.6 Å². The molecule has 0 bridgehead atoms. The smallest absolute Gasteiger partial charge is 0.201 e. The normalized spacial score (nSPS) is 12.0. The summed E-state index contributed by atoms with van der Waals surface area (Å²) >= 11 is 3.06. The first kappa shape index (κ1) is 21.9. The number of nitrogens with one attached hydrogen (secondary N) is 3. The molecule has 160 valence electrons. The highest BCUT2D eigenvalue weighted by atomic mass is 79.9. The van der Waals surface area contributed by atoms with E-state index < -0.39 is 17.5 Å². The van der Waals surface area contributed by atoms with E-state index in [-0.39, 0.29) is 32.9 Å². The molecule has 0 unspecified atom stereocenters. The fraction of sp³-hybridized carbons (Fsp3) is 0.263. The first-order valence-corrected chi connectivity index (χ1v) is 9.80. The van der Waals surface area contributed by atoms with Crippen LogP contribution in [-0.4, -0.2) is 53.1 Å². The predicted octanol–water partition coefficient (Wildman–Crippen LogP) is 4.35. The molecule has 0 fully saturated rings. The molecule has 0 aliphatic rings. The largest absolute Gasteiger partial charge is 0.409 e. The minimum absolute atomic E-state index is 0.0562. The Balaban J connectivity index is 1.93. The highest BCUT2D eigenvalue weighted by molar-refractivity contribution is 9.10. The number of anilines is 2. The lowest BCUT2D eigenvalue weighted by Gasteiger charge is -2.10. The highest BCUT2D eigenvalue weighted by Gasteiger charge is 2.20. The molecule has 1 aromatic heterocycles. The maximum Gasteiger partial charge on any atom is 0.201 e. The van der Waals surface area contributed by atoms with Crippen LogP contribution < -0.4 is 10.6 Å². The Labute approximate surface area is 179 Å². The van der Waals surface area contributed by atoms with Gasteiger partial charge in [0.15, 0.2) is 17.5 Å². The number of benzene rings is 2. The molecule has 0 saturated carbocycles. The van der Waals surface area contributed by atoms with Crippen LogP contribution in [0.1, 0.15) is 12.0 Å². The molecule has 7 nitrogen and oxygen atoms in total. The molecule has 11 heteroatoms. The molecule has 3 rings (SSSR count). The first-order valence-electron chi connectivity index (χ1n) is 9.01. The van der Waals surface area contributed by atoms with Gasteiger partial charge in [-0.2, -0.15) is 0 Å². The van der Waals surface area contributed by atoms with Crippen molar-refractivity contribution in [3.8, 4) is 0 Å². The van der Waals surface area contributed by atoms with Crippen LogP contribution in [0.4, 0.5) is 24.8 Å². The number of halogens is 4. The van der Waals surface area contributed by atoms with Crippen molar-refractivity contribution in [1.29, 1.82) is 0 Å². The molecule has 3 aromatic rings. The Morgan fingerprint density at radius 2 is 2.00 bits per heavy atom. The maximum atomic E-state index is 14.3. The molecular formula is C19H20BrF3N6O. The Hall–Kier alpha value is -2.79. The third-order valence-corrected chi connectivity index (χ3v) is 4.88. The summed E-state index contributed by atoms with van der Waals surface area (Å²) in [7, 11) is 3.90. The molecule has 1 heterocycles. The summed E-state index contributed by atoms with van der Waals surface area (Å²) in [5.41, 5.74) is 0.338. The second-order valence-corrected chi connectivity index (χ2v) is 7.67. The quantitative estimate of drug-likeness (QED) is 0.131. The molecule has 30 heavy (non-hydrogen) atoms. The van der Waals surface area contributed by atoms with E-state index in [4.69, 9.17) is 0 Å². The maximum absolute atomic E-state index is 14.3. The van der Waals surface area contributed by atoms with Crippen molar-refractivity contribution in [2.75, 3.05) is 37.8 Å². The van der Waals surface area contributed by atoms with Gasteiger partial charge in [-0.15, -0.1) is 0 Å². The van der Waals surface area contributed by atoms with Crippen molar-refractivity contribution in [2.24, 2.45) is 5.16 Å². The lowest BCUT2D eigenvalue weighted by Crippen LogP contribution is -2.16. The summed E-state index contributed by atoms with van der Waals surface area (Å²) in [6, 6.07) is 4.93. The fourth-order valence-corrected chi connectivity index (χ4v) is 3.21. The lowest BCUT2D eigenvalue weighted by molar-refractivity contribution is 0.319. The molecule has 0 aliphatic carbocycles. The van der Waals surface area contributed by atoms with E-state index in [9.17, 15) is 18.4 Å². The average molecular weight is 485 g/mol. The fourth-order valence-electron chi connectivity index (χ4n) is 2.83. The third-order valence-electron chi connectivity index (χ3n) is 4.27. The minimum atomic E-state index is -1.15. The first-order chi connectivity index (χ1) is 14.3. The predicted molar refractivity (Wildman–Crippen MR) is 114 cm³/mol. The summed E-state index contributed by atoms with van der Waals surface area (Å²) in [4.78, 5) is 9.01. The lowest BCUT2D eigenvalue weighted by atomic mass is 10.1. The van der Waals surface area contributed by atoms with Crippen molar-refractivity contribution >= 4 is 44.4 Å². The van der Waals surface area contributed by atoms with Crippen LogP contribution in [0, 0.1) is 17.5 Å². The Morgan fingerprint density at radius 3 is 2.67 bits per heavy atom. The van der Waals surface area contributed by atoms with Gasteiger partial charge >= 0.3 is 0 Å². The van der Waals surface area contributed by atoms with Gasteiger partial charge in [-0.05, 0) is 67.3 Å². The number of fused-ring (bicyclic) bond motifs is 1. The number of aromatic amines is 1. The molecular weight excluding hydrogens is 465 g/mol. The van der Waals surface area contributed by atoms with Crippen LogP contribution in [0.15, 0.2) is 33.9 Å². The van der Waals surface area contributed by atoms with Gasteiger partial charge in [-0.1, -0.05) is 5.16 Å². The van der Waals surface area contributed by atoms with E-state index in [1.807, 2.05) is 19.0 Å². The molecule has 0 atom stereocenters. The van der Waals surface area contributed by atoms with Gasteiger partial charge < -0.3 is 25.7 Å². The zero-order chi connectivity index (χ0) is 21.8. The number of rotatable bonds is 7. The number of hydrogen-bond acceptors (Lipinski definition) is 5. The molecule has 0 saturated heterocycles. The molecule has 0 spiro atoms. The minimum Gasteiger partial charge on any atom is -0.409 e. The van der Waals surface area contributed by atoms with Crippen LogP contribution in [0.3, 0.4) is 0 Å². The zero-order valence-corrected chi connectivity index (χ0v) is 17.8. The van der Waals surface area contributed by atoms with Gasteiger partial charge in [0.2, 0.25) is 5.95 Å². The van der Waals surface area contributed by atoms with E-state index >= 15 is 0 Å². The van der Waals surface area contributed by atoms with Crippen LogP contribution in [0.25, 0.3) is 11.0 Å². The number of H-pyrrole nitrogens is 1. The second-order valence-electron chi connectivity index (χ2n) is 6.82. The van der Waals surface area contributed by atoms with Gasteiger partial charge in [-0.25, -0.2) is 18.2 Å². The van der Waals surface area contributed by atoms with Gasteiger partial charge in [0.05, 0.1) is 9.99 Å². The van der Waals surface area contributed by atoms with Gasteiger partial charge in [0.25, 0.3) is 0 Å². The van der Waals surface area contributed by atoms with E-state index in [0.29, 0.717) is 12.2 Å². The summed E-state index contributed by atoms with van der Waals surface area (Å²) in [5, 5.41) is 18.4. The molecule has 2 aromatic carbocycles. The second kappa shape index (κ2) is 9.35. The highest BCUT2D eigenvalue weighted by Crippen LogP contribution is 2.26.